The summed E-state index contributed by atoms with van der Waals surface area (Å²) in [7, 11) is 0. The van der Waals surface area contributed by atoms with Crippen LogP contribution in [0.2, 0.25) is 0 Å². The summed E-state index contributed by atoms with van der Waals surface area (Å²) in [5.41, 5.74) is 2.07. The van der Waals surface area contributed by atoms with E-state index >= 15 is 0 Å². The molecule has 0 amide bonds. The highest BCUT2D eigenvalue weighted by molar-refractivity contribution is 5.34. The molecule has 3 heteroatoms. The van der Waals surface area contributed by atoms with Crippen molar-refractivity contribution in [3.63, 3.8) is 0 Å². The first-order chi connectivity index (χ1) is 10.2. The van der Waals surface area contributed by atoms with Gasteiger partial charge in [0.15, 0.2) is 0 Å². The lowest BCUT2D eigenvalue weighted by Crippen LogP contribution is -2.37. The minimum Gasteiger partial charge on any atom is -0.508 e. The molecule has 0 aromatic heterocycles. The number of rotatable bonds is 7. The van der Waals surface area contributed by atoms with Crippen molar-refractivity contribution in [1.82, 2.24) is 5.32 Å². The molecule has 0 aliphatic carbocycles. The van der Waals surface area contributed by atoms with E-state index in [2.05, 4.69) is 24.4 Å². The monoisotopic (exact) mass is 285 g/mol. The molecule has 0 fully saturated rings. The lowest BCUT2D eigenvalue weighted by Gasteiger charge is -2.25. The summed E-state index contributed by atoms with van der Waals surface area (Å²) in [6.45, 7) is 2.14. The zero-order valence-electron chi connectivity index (χ0n) is 12.4. The fourth-order valence-electron chi connectivity index (χ4n) is 2.57. The van der Waals surface area contributed by atoms with Gasteiger partial charge in [-0.3, -0.25) is 0 Å². The third-order valence-electron chi connectivity index (χ3n) is 3.70. The second-order valence-electron chi connectivity index (χ2n) is 5.26. The van der Waals surface area contributed by atoms with Crippen LogP contribution in [-0.2, 0) is 6.42 Å². The predicted molar refractivity (Wildman–Crippen MR) is 85.3 cm³/mol. The highest BCUT2D eigenvalue weighted by atomic mass is 16.3. The number of aliphatic hydroxyl groups excluding tert-OH is 1. The third-order valence-corrected chi connectivity index (χ3v) is 3.70. The Kier molecular flexibility index (Phi) is 5.78. The van der Waals surface area contributed by atoms with Gasteiger partial charge in [0, 0.05) is 17.6 Å². The lowest BCUT2D eigenvalue weighted by atomic mass is 10.00. The Bertz CT molecular complexity index is 542. The summed E-state index contributed by atoms with van der Waals surface area (Å²) in [6, 6.07) is 17.5. The number of phenols is 1. The Balaban J connectivity index is 2.07. The van der Waals surface area contributed by atoms with Crippen LogP contribution < -0.4 is 5.32 Å². The maximum atomic E-state index is 9.98. The van der Waals surface area contributed by atoms with Gasteiger partial charge < -0.3 is 15.5 Å². The molecule has 2 rings (SSSR count). The molecule has 0 aliphatic heterocycles. The summed E-state index contributed by atoms with van der Waals surface area (Å²) in [5, 5.41) is 23.1. The number of hydrogen-bond acceptors (Lipinski definition) is 3. The van der Waals surface area contributed by atoms with E-state index in [9.17, 15) is 10.2 Å². The average molecular weight is 285 g/mol. The van der Waals surface area contributed by atoms with Gasteiger partial charge in [-0.05, 0) is 24.5 Å². The second kappa shape index (κ2) is 7.81. The first kappa shape index (κ1) is 15.5. The fourth-order valence-corrected chi connectivity index (χ4v) is 2.57. The van der Waals surface area contributed by atoms with Gasteiger partial charge in [-0.2, -0.15) is 0 Å². The van der Waals surface area contributed by atoms with Gasteiger partial charge in [-0.25, -0.2) is 0 Å². The molecule has 0 saturated carbocycles. The topological polar surface area (TPSA) is 52.5 Å². The standard InChI is InChI=1S/C18H23NO2/c1-2-17(16-10-6-7-11-18(16)21)19-15(13-20)12-14-8-4-3-5-9-14/h3-11,15,17,19-21H,2,12-13H2,1H3. The van der Waals surface area contributed by atoms with Crippen molar-refractivity contribution in [2.45, 2.75) is 31.8 Å². The highest BCUT2D eigenvalue weighted by Gasteiger charge is 2.17. The Hall–Kier alpha value is -1.84. The fraction of sp³-hybridized carbons (Fsp3) is 0.333. The first-order valence-electron chi connectivity index (χ1n) is 7.43. The predicted octanol–water partition coefficient (Wildman–Crippen LogP) is 3.04. The zero-order valence-corrected chi connectivity index (χ0v) is 12.4. The third kappa shape index (κ3) is 4.31. The van der Waals surface area contributed by atoms with Gasteiger partial charge >= 0.3 is 0 Å². The molecule has 0 spiro atoms. The summed E-state index contributed by atoms with van der Waals surface area (Å²) >= 11 is 0. The first-order valence-corrected chi connectivity index (χ1v) is 7.43. The smallest absolute Gasteiger partial charge is 0.120 e. The van der Waals surface area contributed by atoms with E-state index in [-0.39, 0.29) is 18.7 Å². The number of nitrogens with one attached hydrogen (secondary N) is 1. The molecule has 2 aromatic carbocycles. The van der Waals surface area contributed by atoms with Crippen molar-refractivity contribution in [1.29, 1.82) is 0 Å². The Morgan fingerprint density at radius 3 is 2.29 bits per heavy atom. The molecular weight excluding hydrogens is 262 g/mol. The van der Waals surface area contributed by atoms with Gasteiger partial charge in [0.2, 0.25) is 0 Å². The minimum absolute atomic E-state index is 0.0306. The number of benzene rings is 2. The molecule has 3 N–H and O–H groups in total. The SMILES string of the molecule is CCC(NC(CO)Cc1ccccc1)c1ccccc1O. The van der Waals surface area contributed by atoms with Crippen LogP contribution in [0, 0.1) is 0 Å². The largest absolute Gasteiger partial charge is 0.508 e. The molecule has 0 bridgehead atoms. The molecule has 0 radical (unpaired) electrons. The average Bonchev–Trinajstić information content (AvgIpc) is 2.53. The Morgan fingerprint density at radius 1 is 1.00 bits per heavy atom. The molecule has 3 nitrogen and oxygen atoms in total. The number of hydrogen-bond donors (Lipinski definition) is 3. The quantitative estimate of drug-likeness (QED) is 0.733. The Labute approximate surface area is 126 Å². The van der Waals surface area contributed by atoms with Crippen molar-refractivity contribution in [3.8, 4) is 5.75 Å². The van der Waals surface area contributed by atoms with Crippen LogP contribution in [0.3, 0.4) is 0 Å². The zero-order chi connectivity index (χ0) is 15.1. The number of para-hydroxylation sites is 1. The van der Waals surface area contributed by atoms with Gasteiger partial charge in [0.05, 0.1) is 6.61 Å². The Morgan fingerprint density at radius 2 is 1.67 bits per heavy atom. The van der Waals surface area contributed by atoms with Crippen molar-refractivity contribution >= 4 is 0 Å². The molecule has 112 valence electrons. The van der Waals surface area contributed by atoms with E-state index in [1.54, 1.807) is 6.07 Å². The molecule has 2 atom stereocenters. The van der Waals surface area contributed by atoms with E-state index in [1.165, 1.54) is 5.56 Å². The van der Waals surface area contributed by atoms with E-state index in [0.29, 0.717) is 5.75 Å². The maximum absolute atomic E-state index is 9.98. The number of aliphatic hydroxyl groups is 1. The van der Waals surface area contributed by atoms with Crippen molar-refractivity contribution in [2.75, 3.05) is 6.61 Å². The van der Waals surface area contributed by atoms with Gasteiger partial charge in [-0.15, -0.1) is 0 Å². The summed E-state index contributed by atoms with van der Waals surface area (Å²) in [4.78, 5) is 0. The van der Waals surface area contributed by atoms with Crippen LogP contribution in [0.5, 0.6) is 5.75 Å². The van der Waals surface area contributed by atoms with E-state index in [1.807, 2.05) is 36.4 Å². The van der Waals surface area contributed by atoms with Crippen molar-refractivity contribution in [2.24, 2.45) is 0 Å². The number of phenolic OH excluding ortho intramolecular Hbond substituents is 1. The van der Waals surface area contributed by atoms with E-state index in [4.69, 9.17) is 0 Å². The van der Waals surface area contributed by atoms with Crippen LogP contribution in [-0.4, -0.2) is 22.9 Å². The van der Waals surface area contributed by atoms with Crippen molar-refractivity contribution < 1.29 is 10.2 Å². The van der Waals surface area contributed by atoms with Crippen LogP contribution >= 0.6 is 0 Å². The molecule has 21 heavy (non-hydrogen) atoms. The molecule has 0 saturated heterocycles. The van der Waals surface area contributed by atoms with Crippen LogP contribution in [0.1, 0.15) is 30.5 Å². The second-order valence-corrected chi connectivity index (χ2v) is 5.26. The normalized spacial score (nSPS) is 13.8. The lowest BCUT2D eigenvalue weighted by molar-refractivity contribution is 0.228. The summed E-state index contributed by atoms with van der Waals surface area (Å²) in [5.74, 6) is 0.299. The van der Waals surface area contributed by atoms with Crippen LogP contribution in [0.15, 0.2) is 54.6 Å². The van der Waals surface area contributed by atoms with Gasteiger partial charge in [0.1, 0.15) is 5.75 Å². The molecule has 0 heterocycles. The van der Waals surface area contributed by atoms with Gasteiger partial charge in [0.25, 0.3) is 0 Å². The molecule has 2 aromatic rings. The summed E-state index contributed by atoms with van der Waals surface area (Å²) in [6.07, 6.45) is 1.62. The van der Waals surface area contributed by atoms with Gasteiger partial charge in [-0.1, -0.05) is 55.5 Å². The highest BCUT2D eigenvalue weighted by Crippen LogP contribution is 2.26. The van der Waals surface area contributed by atoms with E-state index < -0.39 is 0 Å². The molecule has 0 aliphatic rings. The number of aromatic hydroxyl groups is 1. The maximum Gasteiger partial charge on any atom is 0.120 e. The van der Waals surface area contributed by atoms with Crippen LogP contribution in [0.4, 0.5) is 0 Å². The summed E-state index contributed by atoms with van der Waals surface area (Å²) < 4.78 is 0. The molecule has 2 unspecified atom stereocenters. The minimum atomic E-state index is -0.0306. The van der Waals surface area contributed by atoms with Crippen molar-refractivity contribution in [3.05, 3.63) is 65.7 Å². The van der Waals surface area contributed by atoms with E-state index in [0.717, 1.165) is 18.4 Å². The molecular formula is C18H23NO2. The van der Waals surface area contributed by atoms with Crippen LogP contribution in [0.25, 0.3) is 0 Å².